The summed E-state index contributed by atoms with van der Waals surface area (Å²) in [5, 5.41) is 18.3. The van der Waals surface area contributed by atoms with E-state index in [9.17, 15) is 24.5 Å². The van der Waals surface area contributed by atoms with Crippen LogP contribution in [-0.2, 0) is 16.1 Å². The standard InChI is InChI=1S/C22H22N4O6/c1-13(2)11-25-21(28)17-7-5-4-6-16(17)20(24-25)22(29)32-12-19(27)23-15-9-8-14(3)18(10-15)26(30)31/h4-10,13H,11-12H2,1-3H3,(H,23,27). The van der Waals surface area contributed by atoms with Gasteiger partial charge in [0.25, 0.3) is 17.2 Å². The van der Waals surface area contributed by atoms with E-state index in [1.807, 2.05) is 13.8 Å². The van der Waals surface area contributed by atoms with Crippen LogP contribution >= 0.6 is 0 Å². The predicted octanol–water partition coefficient (Wildman–Crippen LogP) is 3.06. The van der Waals surface area contributed by atoms with Crippen LogP contribution in [-0.4, -0.2) is 33.2 Å². The second-order valence-corrected chi connectivity index (χ2v) is 7.66. The topological polar surface area (TPSA) is 133 Å². The molecule has 32 heavy (non-hydrogen) atoms. The number of carbonyl (C=O) groups is 2. The van der Waals surface area contributed by atoms with Gasteiger partial charge in [0.05, 0.1) is 10.3 Å². The normalized spacial score (nSPS) is 10.9. The minimum atomic E-state index is -0.858. The molecule has 1 heterocycles. The number of carbonyl (C=O) groups excluding carboxylic acids is 2. The molecule has 10 heteroatoms. The molecular weight excluding hydrogens is 416 g/mol. The van der Waals surface area contributed by atoms with Crippen molar-refractivity contribution in [2.45, 2.75) is 27.3 Å². The smallest absolute Gasteiger partial charge is 0.359 e. The zero-order chi connectivity index (χ0) is 23.4. The Bertz CT molecular complexity index is 1270. The molecule has 0 aliphatic heterocycles. The molecule has 0 bridgehead atoms. The number of ether oxygens (including phenoxy) is 1. The van der Waals surface area contributed by atoms with Gasteiger partial charge in [0.2, 0.25) is 0 Å². The van der Waals surface area contributed by atoms with Crippen molar-refractivity contribution in [3.63, 3.8) is 0 Å². The van der Waals surface area contributed by atoms with E-state index in [2.05, 4.69) is 10.4 Å². The number of fused-ring (bicyclic) bond motifs is 1. The molecule has 0 atom stereocenters. The van der Waals surface area contributed by atoms with Crippen LogP contribution in [0.3, 0.4) is 0 Å². The number of nitro groups is 1. The van der Waals surface area contributed by atoms with Crippen molar-refractivity contribution < 1.29 is 19.2 Å². The summed E-state index contributed by atoms with van der Waals surface area (Å²) in [4.78, 5) is 48.0. The molecule has 2 aromatic carbocycles. The van der Waals surface area contributed by atoms with Gasteiger partial charge in [-0.15, -0.1) is 0 Å². The number of nitrogens with one attached hydrogen (secondary N) is 1. The van der Waals surface area contributed by atoms with E-state index in [4.69, 9.17) is 4.74 Å². The van der Waals surface area contributed by atoms with Gasteiger partial charge in [0.1, 0.15) is 0 Å². The van der Waals surface area contributed by atoms with E-state index in [-0.39, 0.29) is 28.5 Å². The lowest BCUT2D eigenvalue weighted by molar-refractivity contribution is -0.385. The van der Waals surface area contributed by atoms with Crippen molar-refractivity contribution in [3.8, 4) is 0 Å². The number of nitrogens with zero attached hydrogens (tertiary/aromatic N) is 3. The third-order valence-corrected chi connectivity index (χ3v) is 4.62. The Kier molecular flexibility index (Phi) is 6.62. The fourth-order valence-corrected chi connectivity index (χ4v) is 3.14. The number of rotatable bonds is 7. The van der Waals surface area contributed by atoms with Crippen LogP contribution in [0, 0.1) is 23.0 Å². The molecule has 0 fully saturated rings. The molecule has 1 N–H and O–H groups in total. The summed E-state index contributed by atoms with van der Waals surface area (Å²) < 4.78 is 6.33. The third kappa shape index (κ3) is 4.97. The minimum absolute atomic E-state index is 0.0698. The van der Waals surface area contributed by atoms with Crippen LogP contribution in [0.25, 0.3) is 10.8 Å². The summed E-state index contributed by atoms with van der Waals surface area (Å²) in [6, 6.07) is 10.8. The van der Waals surface area contributed by atoms with Crippen molar-refractivity contribution in [3.05, 3.63) is 74.2 Å². The molecular formula is C22H22N4O6. The van der Waals surface area contributed by atoms with Crippen molar-refractivity contribution in [1.82, 2.24) is 9.78 Å². The van der Waals surface area contributed by atoms with Gasteiger partial charge in [-0.1, -0.05) is 38.1 Å². The molecule has 0 radical (unpaired) electrons. The SMILES string of the molecule is Cc1ccc(NC(=O)COC(=O)c2nn(CC(C)C)c(=O)c3ccccc23)cc1[N+](=O)[O-]. The summed E-state index contributed by atoms with van der Waals surface area (Å²) in [7, 11) is 0. The van der Waals surface area contributed by atoms with Gasteiger partial charge in [-0.2, -0.15) is 5.10 Å². The van der Waals surface area contributed by atoms with Crippen LogP contribution in [0.4, 0.5) is 11.4 Å². The van der Waals surface area contributed by atoms with Gasteiger partial charge in [0.15, 0.2) is 12.3 Å². The molecule has 0 spiro atoms. The second-order valence-electron chi connectivity index (χ2n) is 7.66. The van der Waals surface area contributed by atoms with Gasteiger partial charge < -0.3 is 10.1 Å². The zero-order valence-electron chi connectivity index (χ0n) is 17.8. The highest BCUT2D eigenvalue weighted by atomic mass is 16.6. The van der Waals surface area contributed by atoms with Crippen molar-refractivity contribution >= 4 is 34.0 Å². The first-order valence-corrected chi connectivity index (χ1v) is 9.89. The Morgan fingerprint density at radius 1 is 1.19 bits per heavy atom. The van der Waals surface area contributed by atoms with Gasteiger partial charge in [-0.05, 0) is 25.0 Å². The molecule has 3 rings (SSSR count). The predicted molar refractivity (Wildman–Crippen MR) is 118 cm³/mol. The number of hydrogen-bond acceptors (Lipinski definition) is 7. The summed E-state index contributed by atoms with van der Waals surface area (Å²) in [5.74, 6) is -1.41. The fourth-order valence-electron chi connectivity index (χ4n) is 3.14. The van der Waals surface area contributed by atoms with Gasteiger partial charge in [-0.3, -0.25) is 19.7 Å². The van der Waals surface area contributed by atoms with E-state index in [1.54, 1.807) is 31.2 Å². The highest BCUT2D eigenvalue weighted by molar-refractivity contribution is 6.03. The number of hydrogen-bond donors (Lipinski definition) is 1. The lowest BCUT2D eigenvalue weighted by Crippen LogP contribution is -2.29. The Morgan fingerprint density at radius 3 is 2.53 bits per heavy atom. The number of aromatic nitrogens is 2. The maximum Gasteiger partial charge on any atom is 0.359 e. The van der Waals surface area contributed by atoms with Gasteiger partial charge in [-0.25, -0.2) is 9.48 Å². The monoisotopic (exact) mass is 438 g/mol. The largest absolute Gasteiger partial charge is 0.451 e. The first-order chi connectivity index (χ1) is 15.2. The number of esters is 1. The summed E-state index contributed by atoms with van der Waals surface area (Å²) in [6.45, 7) is 5.11. The summed E-state index contributed by atoms with van der Waals surface area (Å²) >= 11 is 0. The van der Waals surface area contributed by atoms with Crippen molar-refractivity contribution in [2.24, 2.45) is 5.92 Å². The quantitative estimate of drug-likeness (QED) is 0.340. The molecule has 0 unspecified atom stereocenters. The van der Waals surface area contributed by atoms with E-state index >= 15 is 0 Å². The van der Waals surface area contributed by atoms with E-state index in [0.29, 0.717) is 22.9 Å². The van der Waals surface area contributed by atoms with E-state index in [0.717, 1.165) is 0 Å². The van der Waals surface area contributed by atoms with E-state index in [1.165, 1.54) is 22.9 Å². The fraction of sp³-hybridized carbons (Fsp3) is 0.273. The second kappa shape index (κ2) is 9.38. The molecule has 10 nitrogen and oxygen atoms in total. The number of nitro benzene ring substituents is 1. The average molecular weight is 438 g/mol. The Balaban J connectivity index is 1.78. The van der Waals surface area contributed by atoms with Gasteiger partial charge in [0, 0.05) is 29.2 Å². The zero-order valence-corrected chi connectivity index (χ0v) is 17.8. The van der Waals surface area contributed by atoms with Gasteiger partial charge >= 0.3 is 5.97 Å². The van der Waals surface area contributed by atoms with E-state index < -0.39 is 23.4 Å². The Hall–Kier alpha value is -4.08. The average Bonchev–Trinajstić information content (AvgIpc) is 2.75. The number of benzene rings is 2. The third-order valence-electron chi connectivity index (χ3n) is 4.62. The molecule has 0 saturated heterocycles. The minimum Gasteiger partial charge on any atom is -0.451 e. The van der Waals surface area contributed by atoms with Crippen LogP contribution < -0.4 is 10.9 Å². The van der Waals surface area contributed by atoms with Crippen molar-refractivity contribution in [1.29, 1.82) is 0 Å². The molecule has 0 aliphatic carbocycles. The molecule has 0 aliphatic rings. The lowest BCUT2D eigenvalue weighted by Gasteiger charge is -2.12. The highest BCUT2D eigenvalue weighted by Crippen LogP contribution is 2.22. The molecule has 1 amide bonds. The van der Waals surface area contributed by atoms with Crippen LogP contribution in [0.15, 0.2) is 47.3 Å². The molecule has 0 saturated carbocycles. The Labute approximate surface area is 183 Å². The highest BCUT2D eigenvalue weighted by Gasteiger charge is 2.20. The number of anilines is 1. The van der Waals surface area contributed by atoms with Crippen molar-refractivity contribution in [2.75, 3.05) is 11.9 Å². The first-order valence-electron chi connectivity index (χ1n) is 9.89. The lowest BCUT2D eigenvalue weighted by atomic mass is 10.1. The molecule has 166 valence electrons. The molecule has 1 aromatic heterocycles. The number of aryl methyl sites for hydroxylation is 1. The summed E-state index contributed by atoms with van der Waals surface area (Å²) in [6.07, 6.45) is 0. The van der Waals surface area contributed by atoms with Crippen LogP contribution in [0.2, 0.25) is 0 Å². The van der Waals surface area contributed by atoms with Crippen LogP contribution in [0.5, 0.6) is 0 Å². The first kappa shape index (κ1) is 22.6. The maximum atomic E-state index is 12.7. The maximum absolute atomic E-state index is 12.7. The van der Waals surface area contributed by atoms with Crippen LogP contribution in [0.1, 0.15) is 29.9 Å². The number of amides is 1. The summed E-state index contributed by atoms with van der Waals surface area (Å²) in [5.41, 5.74) is 0.137. The molecule has 3 aromatic rings. The Morgan fingerprint density at radius 2 is 1.88 bits per heavy atom.